The maximum absolute atomic E-state index is 13.3. The van der Waals surface area contributed by atoms with E-state index in [0.29, 0.717) is 25.9 Å². The van der Waals surface area contributed by atoms with Crippen molar-refractivity contribution < 1.29 is 42.9 Å². The zero-order valence-electron chi connectivity index (χ0n) is 41.0. The fourth-order valence-electron chi connectivity index (χ4n) is 7.96. The van der Waals surface area contributed by atoms with Gasteiger partial charge >= 0.3 is 23.9 Å². The lowest BCUT2D eigenvalue weighted by Crippen LogP contribution is -2.43. The monoisotopic (exact) mass is 881 g/mol. The van der Waals surface area contributed by atoms with Crippen LogP contribution in [0.4, 0.5) is 0 Å². The lowest BCUT2D eigenvalue weighted by Gasteiger charge is -2.24. The third-order valence-corrected chi connectivity index (χ3v) is 12.0. The van der Waals surface area contributed by atoms with E-state index in [2.05, 4.69) is 13.8 Å². The molecule has 11 nitrogen and oxygen atoms in total. The Kier molecular flexibility index (Phi) is 37.5. The van der Waals surface area contributed by atoms with E-state index < -0.39 is 48.5 Å². The molecule has 1 rings (SSSR count). The van der Waals surface area contributed by atoms with E-state index in [1.54, 1.807) is 0 Å². The minimum absolute atomic E-state index is 0.0977. The molecule has 0 aromatic rings. The molecule has 11 heteroatoms. The summed E-state index contributed by atoms with van der Waals surface area (Å²) in [7, 11) is 7.46. The number of carbonyl (C=O) groups excluding carboxylic acids is 4. The lowest BCUT2D eigenvalue weighted by molar-refractivity contribution is -0.200. The van der Waals surface area contributed by atoms with Crippen LogP contribution in [-0.2, 0) is 42.9 Å². The van der Waals surface area contributed by atoms with E-state index in [1.165, 1.54) is 141 Å². The third kappa shape index (κ3) is 33.3. The van der Waals surface area contributed by atoms with Crippen molar-refractivity contribution in [2.24, 2.45) is 0 Å². The normalized spacial score (nSPS) is 17.5. The van der Waals surface area contributed by atoms with Gasteiger partial charge in [-0.15, -0.1) is 0 Å². The molecule has 364 valence electrons. The molecule has 0 aliphatic carbocycles. The van der Waals surface area contributed by atoms with E-state index in [9.17, 15) is 19.2 Å². The predicted molar refractivity (Wildman–Crippen MR) is 251 cm³/mol. The number of carbonyl (C=O) groups is 4. The zero-order valence-corrected chi connectivity index (χ0v) is 41.0. The van der Waals surface area contributed by atoms with Gasteiger partial charge in [0.1, 0.15) is 12.7 Å². The van der Waals surface area contributed by atoms with Crippen LogP contribution in [0.5, 0.6) is 0 Å². The maximum atomic E-state index is 13.3. The number of nitrogens with zero attached hydrogens (tertiary/aromatic N) is 2. The van der Waals surface area contributed by atoms with Crippen LogP contribution in [0.2, 0.25) is 0 Å². The molecule has 1 aliphatic rings. The van der Waals surface area contributed by atoms with Crippen molar-refractivity contribution in [2.45, 2.75) is 257 Å². The second kappa shape index (κ2) is 40.3. The summed E-state index contributed by atoms with van der Waals surface area (Å²) in [5, 5.41) is 0. The number of esters is 4. The van der Waals surface area contributed by atoms with Crippen LogP contribution < -0.4 is 0 Å². The van der Waals surface area contributed by atoms with Crippen molar-refractivity contribution in [1.29, 1.82) is 0 Å². The summed E-state index contributed by atoms with van der Waals surface area (Å²) >= 11 is 0. The summed E-state index contributed by atoms with van der Waals surface area (Å²) in [6, 6.07) is 0. The first-order valence-electron chi connectivity index (χ1n) is 25.8. The number of ether oxygens (including phenoxy) is 5. The Morgan fingerprint density at radius 1 is 0.387 bits per heavy atom. The molecule has 0 saturated carbocycles. The van der Waals surface area contributed by atoms with Gasteiger partial charge in [-0.1, -0.05) is 194 Å². The van der Waals surface area contributed by atoms with Crippen LogP contribution in [-0.4, -0.2) is 106 Å². The minimum atomic E-state index is -1.30. The van der Waals surface area contributed by atoms with Gasteiger partial charge in [-0.2, -0.15) is 0 Å². The van der Waals surface area contributed by atoms with E-state index in [0.717, 1.165) is 38.5 Å². The summed E-state index contributed by atoms with van der Waals surface area (Å²) in [5.41, 5.74) is 0. The summed E-state index contributed by atoms with van der Waals surface area (Å²) < 4.78 is 29.3. The van der Waals surface area contributed by atoms with Gasteiger partial charge in [0.2, 0.25) is 12.4 Å². The van der Waals surface area contributed by atoms with Gasteiger partial charge in [-0.25, -0.2) is 0 Å². The molecule has 62 heavy (non-hydrogen) atoms. The van der Waals surface area contributed by atoms with E-state index >= 15 is 0 Å². The topological polar surface area (TPSA) is 121 Å². The first-order valence-corrected chi connectivity index (χ1v) is 25.8. The second-order valence-corrected chi connectivity index (χ2v) is 18.6. The molecule has 1 heterocycles. The average molecular weight is 881 g/mol. The standard InChI is InChI=1S/C51H96N2O9/c1-7-9-11-13-15-17-19-21-23-25-27-29-31-33-35-37-46(55)60-49-44(43-58-45(54)39-41-52(3)4)59-51(62-48(57)40-42-53(5)6)50(49)61-47(56)38-36-34-32-30-28-26-24-22-20-18-16-14-12-10-8-2/h44,49-51H,7-43H2,1-6H3/t44-,49?,50+,51+/m1/s1. The Labute approximate surface area is 380 Å². The first-order chi connectivity index (χ1) is 30.1. The average Bonchev–Trinajstić information content (AvgIpc) is 3.54. The Bertz CT molecular complexity index is 1100. The van der Waals surface area contributed by atoms with Gasteiger partial charge in [0, 0.05) is 25.9 Å². The Morgan fingerprint density at radius 2 is 0.694 bits per heavy atom. The van der Waals surface area contributed by atoms with E-state index in [1.807, 2.05) is 38.0 Å². The highest BCUT2D eigenvalue weighted by Gasteiger charge is 2.52. The quantitative estimate of drug-likeness (QED) is 0.0330. The molecule has 1 saturated heterocycles. The third-order valence-electron chi connectivity index (χ3n) is 12.0. The van der Waals surface area contributed by atoms with Crippen LogP contribution in [0.25, 0.3) is 0 Å². The molecule has 4 atom stereocenters. The van der Waals surface area contributed by atoms with Gasteiger partial charge in [-0.05, 0) is 41.0 Å². The second-order valence-electron chi connectivity index (χ2n) is 18.6. The molecule has 0 bridgehead atoms. The molecular formula is C51H96N2O9. The Balaban J connectivity index is 2.68. The summed E-state index contributed by atoms with van der Waals surface area (Å²) in [4.78, 5) is 55.9. The zero-order chi connectivity index (χ0) is 45.5. The van der Waals surface area contributed by atoms with Crippen LogP contribution >= 0.6 is 0 Å². The fraction of sp³-hybridized carbons (Fsp3) is 0.922. The number of hydrogen-bond donors (Lipinski definition) is 0. The van der Waals surface area contributed by atoms with Gasteiger partial charge in [0.05, 0.1) is 12.8 Å². The number of rotatable bonds is 43. The summed E-state index contributed by atoms with van der Waals surface area (Å²) in [6.45, 7) is 5.25. The number of unbranched alkanes of at least 4 members (excludes halogenated alkanes) is 28. The van der Waals surface area contributed by atoms with Crippen LogP contribution in [0.1, 0.15) is 232 Å². The van der Waals surface area contributed by atoms with Crippen molar-refractivity contribution >= 4 is 23.9 Å². The lowest BCUT2D eigenvalue weighted by atomic mass is 10.0. The molecule has 0 aromatic heterocycles. The molecule has 0 radical (unpaired) electrons. The molecule has 1 unspecified atom stereocenters. The van der Waals surface area contributed by atoms with Crippen molar-refractivity contribution in [3.63, 3.8) is 0 Å². The molecule has 1 fully saturated rings. The van der Waals surface area contributed by atoms with Crippen LogP contribution in [0.3, 0.4) is 0 Å². The molecule has 0 aromatic carbocycles. The van der Waals surface area contributed by atoms with Crippen molar-refractivity contribution in [1.82, 2.24) is 9.80 Å². The highest BCUT2D eigenvalue weighted by molar-refractivity contribution is 5.72. The van der Waals surface area contributed by atoms with Crippen molar-refractivity contribution in [2.75, 3.05) is 47.9 Å². The highest BCUT2D eigenvalue weighted by atomic mass is 16.8. The highest BCUT2D eigenvalue weighted by Crippen LogP contribution is 2.30. The van der Waals surface area contributed by atoms with Gasteiger partial charge in [0.25, 0.3) is 0 Å². The Morgan fingerprint density at radius 3 is 1.05 bits per heavy atom. The van der Waals surface area contributed by atoms with E-state index in [-0.39, 0.29) is 32.3 Å². The Hall–Kier alpha value is -2.24. The molecule has 0 N–H and O–H groups in total. The number of hydrogen-bond acceptors (Lipinski definition) is 11. The largest absolute Gasteiger partial charge is 0.463 e. The maximum Gasteiger partial charge on any atom is 0.309 e. The minimum Gasteiger partial charge on any atom is -0.463 e. The van der Waals surface area contributed by atoms with Gasteiger partial charge < -0.3 is 33.5 Å². The van der Waals surface area contributed by atoms with Crippen molar-refractivity contribution in [3.05, 3.63) is 0 Å². The van der Waals surface area contributed by atoms with Gasteiger partial charge in [0.15, 0.2) is 6.10 Å². The molecule has 0 spiro atoms. The molecule has 0 amide bonds. The predicted octanol–water partition coefficient (Wildman–Crippen LogP) is 12.0. The smallest absolute Gasteiger partial charge is 0.309 e. The molecular weight excluding hydrogens is 785 g/mol. The van der Waals surface area contributed by atoms with Gasteiger partial charge in [-0.3, -0.25) is 19.2 Å². The van der Waals surface area contributed by atoms with Crippen LogP contribution in [0, 0.1) is 0 Å². The van der Waals surface area contributed by atoms with E-state index in [4.69, 9.17) is 23.7 Å². The first kappa shape index (κ1) is 57.8. The molecule has 1 aliphatic heterocycles. The SMILES string of the molecule is CCCCCCCCCCCCCCCCCC(=O)OC1[C@@H](COC(=O)CCN(C)C)O[C@@H](OC(=O)CCN(C)C)[C@H]1OC(=O)CCCCCCCCCCCCCCCCC. The van der Waals surface area contributed by atoms with Crippen molar-refractivity contribution in [3.8, 4) is 0 Å². The summed E-state index contributed by atoms with van der Waals surface area (Å²) in [6.07, 6.45) is 32.9. The summed E-state index contributed by atoms with van der Waals surface area (Å²) in [5.74, 6) is -1.87. The van der Waals surface area contributed by atoms with Crippen LogP contribution in [0.15, 0.2) is 0 Å². The fourth-order valence-corrected chi connectivity index (χ4v) is 7.96.